The summed E-state index contributed by atoms with van der Waals surface area (Å²) >= 11 is 0. The molecular weight excluding hydrogens is 679 g/mol. The fraction of sp³-hybridized carbons (Fsp3) is 0.757. The van der Waals surface area contributed by atoms with E-state index < -0.39 is 77.1 Å². The number of aromatic nitrogens is 2. The van der Waals surface area contributed by atoms with Crippen molar-refractivity contribution in [2.24, 2.45) is 23.2 Å². The molecule has 0 radical (unpaired) electrons. The smallest absolute Gasteiger partial charge is 0.347 e. The number of fused-ring (bicyclic) bond motifs is 1. The summed E-state index contributed by atoms with van der Waals surface area (Å²) in [5.41, 5.74) is -1.26. The molecule has 4 amide bonds. The molecule has 4 N–H and O–H groups in total. The summed E-state index contributed by atoms with van der Waals surface area (Å²) in [6.07, 6.45) is 6.97. The van der Waals surface area contributed by atoms with Crippen LogP contribution in [0.4, 0.5) is 13.2 Å². The molecule has 5 rings (SSSR count). The van der Waals surface area contributed by atoms with Gasteiger partial charge in [-0.05, 0) is 68.1 Å². The van der Waals surface area contributed by atoms with Crippen molar-refractivity contribution in [2.75, 3.05) is 6.54 Å². The third-order valence-electron chi connectivity index (χ3n) is 11.1. The molecule has 0 aromatic carbocycles. The monoisotopic (exact) mass is 733 g/mol. The number of nitrogens with one attached hydrogen (secondary N) is 4. The fourth-order valence-electron chi connectivity index (χ4n) is 8.25. The number of carbonyl (C=O) groups is 5. The highest BCUT2D eigenvalue weighted by Gasteiger charge is 2.53. The summed E-state index contributed by atoms with van der Waals surface area (Å²) in [5.74, 6) is -3.77. The third-order valence-corrected chi connectivity index (χ3v) is 11.1. The van der Waals surface area contributed by atoms with Gasteiger partial charge in [-0.25, -0.2) is 0 Å². The third kappa shape index (κ3) is 9.48. The van der Waals surface area contributed by atoms with Gasteiger partial charge in [-0.1, -0.05) is 59.8 Å². The van der Waals surface area contributed by atoms with E-state index in [9.17, 15) is 37.1 Å². The van der Waals surface area contributed by atoms with Crippen molar-refractivity contribution in [1.29, 1.82) is 0 Å². The lowest BCUT2D eigenvalue weighted by molar-refractivity contribution is -0.163. The lowest BCUT2D eigenvalue weighted by atomic mass is 9.81. The molecule has 52 heavy (non-hydrogen) atoms. The zero-order chi connectivity index (χ0) is 37.8. The first-order valence-corrected chi connectivity index (χ1v) is 18.9. The molecule has 1 aromatic heterocycles. The van der Waals surface area contributed by atoms with Gasteiger partial charge in [-0.3, -0.25) is 39.3 Å². The van der Waals surface area contributed by atoms with E-state index in [1.54, 1.807) is 20.8 Å². The molecule has 0 spiro atoms. The predicted octanol–water partition coefficient (Wildman–Crippen LogP) is 3.91. The number of halogens is 3. The predicted molar refractivity (Wildman–Crippen MR) is 185 cm³/mol. The lowest BCUT2D eigenvalue weighted by Gasteiger charge is -2.39. The van der Waals surface area contributed by atoms with Gasteiger partial charge in [0.2, 0.25) is 23.5 Å². The van der Waals surface area contributed by atoms with Crippen molar-refractivity contribution in [2.45, 2.75) is 147 Å². The van der Waals surface area contributed by atoms with Crippen molar-refractivity contribution < 1.29 is 37.1 Å². The van der Waals surface area contributed by atoms with E-state index in [1.165, 1.54) is 17.3 Å². The molecule has 15 heteroatoms. The van der Waals surface area contributed by atoms with Crippen LogP contribution in [0, 0.1) is 23.2 Å². The van der Waals surface area contributed by atoms with Gasteiger partial charge >= 0.3 is 6.18 Å². The van der Waals surface area contributed by atoms with Crippen LogP contribution in [0.15, 0.2) is 18.6 Å². The summed E-state index contributed by atoms with van der Waals surface area (Å²) in [5, 5.41) is 10.9. The van der Waals surface area contributed by atoms with Crippen LogP contribution in [-0.4, -0.2) is 87.2 Å². The summed E-state index contributed by atoms with van der Waals surface area (Å²) < 4.78 is 43.5. The first kappa shape index (κ1) is 39.6. The Morgan fingerprint density at radius 1 is 0.923 bits per heavy atom. The Balaban J connectivity index is 1.39. The first-order chi connectivity index (χ1) is 24.6. The zero-order valence-corrected chi connectivity index (χ0v) is 30.6. The van der Waals surface area contributed by atoms with Gasteiger partial charge < -0.3 is 20.9 Å². The van der Waals surface area contributed by atoms with E-state index in [1.807, 2.05) is 6.92 Å². The van der Waals surface area contributed by atoms with Crippen LogP contribution in [0.2, 0.25) is 0 Å². The summed E-state index contributed by atoms with van der Waals surface area (Å²) in [6.45, 7) is 7.40. The minimum Gasteiger partial charge on any atom is -0.347 e. The van der Waals surface area contributed by atoms with Crippen molar-refractivity contribution in [1.82, 2.24) is 36.1 Å². The van der Waals surface area contributed by atoms with Gasteiger partial charge in [0.25, 0.3) is 5.91 Å². The van der Waals surface area contributed by atoms with Gasteiger partial charge in [-0.2, -0.15) is 13.2 Å². The minimum atomic E-state index is -4.79. The average Bonchev–Trinajstić information content (AvgIpc) is 3.66. The minimum absolute atomic E-state index is 0.0274. The summed E-state index contributed by atoms with van der Waals surface area (Å²) in [4.78, 5) is 78.0. The molecule has 3 saturated carbocycles. The van der Waals surface area contributed by atoms with E-state index >= 15 is 0 Å². The number of hydrogen-bond donors (Lipinski definition) is 4. The number of carbonyl (C=O) groups excluding carboxylic acids is 5. The number of likely N-dealkylation sites (tertiary alicyclic amines) is 1. The quantitative estimate of drug-likeness (QED) is 0.209. The number of Topliss-reactive ketones (excluding diaryl/α,β-unsaturated/α-hetero) is 1. The molecule has 2 heterocycles. The normalized spacial score (nSPS) is 24.7. The molecule has 12 nitrogen and oxygen atoms in total. The standard InChI is InChI=1S/C37H54F3N7O5/c1-5-10-25(29(48)34(51)43-23-15-16-23)44-33(50)28-24-14-9-13-22(24)20-47(28)35(52)31(36(2,3)4)46-32(49)27(21-11-7-6-8-12-21)45-30(37(38,39)40)26-19-41-17-18-42-26/h17-19,21-25,27-28,30-31,45H,5-16,20H2,1-4H3,(H,43,51)(H,44,50)(H,46,49)/t22-,24-,25?,27?,28-,30+,31?/m0/s1. The van der Waals surface area contributed by atoms with E-state index in [0.29, 0.717) is 25.7 Å². The van der Waals surface area contributed by atoms with Crippen molar-refractivity contribution >= 4 is 29.4 Å². The molecule has 288 valence electrons. The highest BCUT2D eigenvalue weighted by Crippen LogP contribution is 2.43. The van der Waals surface area contributed by atoms with Gasteiger partial charge in [0.15, 0.2) is 0 Å². The SMILES string of the molecule is CCCC(NC(=O)[C@@H]1[C@H]2CCC[C@H]2CN1C(=O)C(NC(=O)C(N[C@H](c1cnccn1)C(F)(F)F)C1CCCCC1)C(C)(C)C)C(=O)C(=O)NC1CC1. The van der Waals surface area contributed by atoms with Crippen LogP contribution >= 0.6 is 0 Å². The topological polar surface area (TPSA) is 162 Å². The van der Waals surface area contributed by atoms with Gasteiger partial charge in [-0.15, -0.1) is 0 Å². The molecular formula is C37H54F3N7O5. The van der Waals surface area contributed by atoms with E-state index in [-0.39, 0.29) is 36.5 Å². The van der Waals surface area contributed by atoms with Crippen LogP contribution in [0.25, 0.3) is 0 Å². The van der Waals surface area contributed by atoms with Gasteiger partial charge in [0.05, 0.1) is 24.0 Å². The van der Waals surface area contributed by atoms with Crippen LogP contribution in [-0.2, 0) is 24.0 Å². The zero-order valence-electron chi connectivity index (χ0n) is 30.6. The Hall–Kier alpha value is -3.62. The van der Waals surface area contributed by atoms with E-state index in [4.69, 9.17) is 0 Å². The number of hydrogen-bond acceptors (Lipinski definition) is 8. The molecule has 4 fully saturated rings. The van der Waals surface area contributed by atoms with Crippen LogP contribution in [0.1, 0.15) is 116 Å². The summed E-state index contributed by atoms with van der Waals surface area (Å²) in [6, 6.07) is -6.74. The molecule has 1 aliphatic heterocycles. The maximum absolute atomic E-state index is 14.6. The highest BCUT2D eigenvalue weighted by atomic mass is 19.4. The van der Waals surface area contributed by atoms with Gasteiger partial charge in [0, 0.05) is 25.0 Å². The Kier molecular flexibility index (Phi) is 12.6. The maximum atomic E-state index is 14.6. The maximum Gasteiger partial charge on any atom is 0.409 e. The summed E-state index contributed by atoms with van der Waals surface area (Å²) in [7, 11) is 0. The number of nitrogens with zero attached hydrogens (tertiary/aromatic N) is 3. The Labute approximate surface area is 303 Å². The lowest BCUT2D eigenvalue weighted by Crippen LogP contribution is -2.62. The number of ketones is 1. The largest absolute Gasteiger partial charge is 0.409 e. The second kappa shape index (κ2) is 16.6. The van der Waals surface area contributed by atoms with Crippen LogP contribution in [0.3, 0.4) is 0 Å². The fourth-order valence-corrected chi connectivity index (χ4v) is 8.25. The van der Waals surface area contributed by atoms with E-state index in [0.717, 1.165) is 51.1 Å². The van der Waals surface area contributed by atoms with E-state index in [2.05, 4.69) is 31.2 Å². The van der Waals surface area contributed by atoms with Crippen LogP contribution < -0.4 is 21.3 Å². The van der Waals surface area contributed by atoms with Gasteiger partial charge in [0.1, 0.15) is 18.1 Å². The molecule has 1 aromatic rings. The van der Waals surface area contributed by atoms with Crippen LogP contribution in [0.5, 0.6) is 0 Å². The second-order valence-electron chi connectivity index (χ2n) is 16.2. The van der Waals surface area contributed by atoms with Crippen molar-refractivity contribution in [3.8, 4) is 0 Å². The Bertz CT molecular complexity index is 1440. The molecule has 0 bridgehead atoms. The average molecular weight is 734 g/mol. The number of amides is 4. The second-order valence-corrected chi connectivity index (χ2v) is 16.2. The molecule has 4 aliphatic rings. The van der Waals surface area contributed by atoms with Crippen molar-refractivity contribution in [3.05, 3.63) is 24.3 Å². The molecule has 3 aliphatic carbocycles. The molecule has 7 atom stereocenters. The highest BCUT2D eigenvalue weighted by molar-refractivity contribution is 6.38. The Morgan fingerprint density at radius 2 is 1.63 bits per heavy atom. The number of rotatable bonds is 14. The molecule has 3 unspecified atom stereocenters. The van der Waals surface area contributed by atoms with Crippen molar-refractivity contribution in [3.63, 3.8) is 0 Å². The molecule has 1 saturated heterocycles. The first-order valence-electron chi connectivity index (χ1n) is 18.9. The Morgan fingerprint density at radius 3 is 2.23 bits per heavy atom. The number of alkyl halides is 3.